The second-order valence-corrected chi connectivity index (χ2v) is 7.14. The fourth-order valence-electron chi connectivity index (χ4n) is 2.86. The number of hydrogen-bond donors (Lipinski definition) is 2. The maximum Gasteiger partial charge on any atom is 0.318 e. The topological polar surface area (TPSA) is 126 Å². The first kappa shape index (κ1) is 21.2. The summed E-state index contributed by atoms with van der Waals surface area (Å²) in [5.41, 5.74) is 6.03. The summed E-state index contributed by atoms with van der Waals surface area (Å²) in [5.74, 6) is 0.405. The zero-order valence-corrected chi connectivity index (χ0v) is 17.2. The van der Waals surface area contributed by atoms with Gasteiger partial charge < -0.3 is 15.2 Å². The van der Waals surface area contributed by atoms with Crippen molar-refractivity contribution in [3.63, 3.8) is 0 Å². The number of rotatable bonds is 7. The van der Waals surface area contributed by atoms with E-state index in [0.29, 0.717) is 27.6 Å². The summed E-state index contributed by atoms with van der Waals surface area (Å²) in [6, 6.07) is 11.4. The molecule has 0 aliphatic carbocycles. The molecule has 3 aromatic rings. The number of carbonyl (C=O) groups excluding carboxylic acids is 2. The molecule has 9 nitrogen and oxygen atoms in total. The van der Waals surface area contributed by atoms with E-state index in [1.165, 1.54) is 11.7 Å². The Hall–Kier alpha value is -3.53. The molecule has 0 saturated carbocycles. The number of para-hydroxylation sites is 1. The van der Waals surface area contributed by atoms with Gasteiger partial charge in [-0.3, -0.25) is 19.5 Å². The largest absolute Gasteiger partial charge is 0.493 e. The molecule has 1 heterocycles. The highest BCUT2D eigenvalue weighted by atomic mass is 32.2. The van der Waals surface area contributed by atoms with Gasteiger partial charge in [-0.1, -0.05) is 30.0 Å². The molecule has 0 atom stereocenters. The predicted octanol–water partition coefficient (Wildman–Crippen LogP) is 1.75. The number of primary amides is 1. The number of hydrogen-bond acceptors (Lipinski definition) is 7. The fourth-order valence-corrected chi connectivity index (χ4v) is 3.66. The molecule has 2 aromatic carbocycles. The van der Waals surface area contributed by atoms with Crippen molar-refractivity contribution in [1.29, 1.82) is 0 Å². The van der Waals surface area contributed by atoms with Crippen molar-refractivity contribution >= 4 is 34.6 Å². The Morgan fingerprint density at radius 1 is 1.13 bits per heavy atom. The molecule has 3 amide bonds. The Morgan fingerprint density at radius 3 is 2.57 bits per heavy atom. The molecule has 0 unspecified atom stereocenters. The lowest BCUT2D eigenvalue weighted by atomic mass is 10.2. The molecule has 3 rings (SSSR count). The van der Waals surface area contributed by atoms with Gasteiger partial charge in [0.2, 0.25) is 5.91 Å². The lowest BCUT2D eigenvalue weighted by Crippen LogP contribution is -2.36. The van der Waals surface area contributed by atoms with Gasteiger partial charge in [0, 0.05) is 0 Å². The van der Waals surface area contributed by atoms with Gasteiger partial charge in [0.15, 0.2) is 16.7 Å². The van der Waals surface area contributed by atoms with Crippen molar-refractivity contribution in [2.75, 3.05) is 20.0 Å². The van der Waals surface area contributed by atoms with E-state index in [4.69, 9.17) is 15.2 Å². The Labute approximate surface area is 176 Å². The van der Waals surface area contributed by atoms with Crippen LogP contribution in [-0.4, -0.2) is 41.5 Å². The average Bonchev–Trinajstić information content (AvgIpc) is 2.74. The molecular formula is C20H20N4O5S. The molecule has 0 aliphatic heterocycles. The number of aromatic nitrogens is 2. The van der Waals surface area contributed by atoms with Gasteiger partial charge in [0.25, 0.3) is 5.56 Å². The van der Waals surface area contributed by atoms with Gasteiger partial charge in [-0.15, -0.1) is 0 Å². The number of amides is 3. The van der Waals surface area contributed by atoms with Gasteiger partial charge >= 0.3 is 6.03 Å². The summed E-state index contributed by atoms with van der Waals surface area (Å²) >= 11 is 1.04. The minimum absolute atomic E-state index is 0.125. The van der Waals surface area contributed by atoms with Crippen molar-refractivity contribution < 1.29 is 19.1 Å². The van der Waals surface area contributed by atoms with Crippen LogP contribution in [0.2, 0.25) is 0 Å². The van der Waals surface area contributed by atoms with Crippen LogP contribution < -0.4 is 26.1 Å². The van der Waals surface area contributed by atoms with Crippen LogP contribution in [0.15, 0.2) is 52.4 Å². The van der Waals surface area contributed by atoms with Gasteiger partial charge in [-0.2, -0.15) is 0 Å². The number of ether oxygens (including phenoxy) is 2. The van der Waals surface area contributed by atoms with E-state index >= 15 is 0 Å². The molecule has 30 heavy (non-hydrogen) atoms. The number of carbonyl (C=O) groups is 2. The van der Waals surface area contributed by atoms with E-state index in [2.05, 4.69) is 4.98 Å². The van der Waals surface area contributed by atoms with E-state index < -0.39 is 11.9 Å². The summed E-state index contributed by atoms with van der Waals surface area (Å²) in [5, 5.41) is 2.80. The zero-order chi connectivity index (χ0) is 21.7. The van der Waals surface area contributed by atoms with Gasteiger partial charge in [-0.25, -0.2) is 9.78 Å². The molecule has 0 radical (unpaired) electrons. The Morgan fingerprint density at radius 2 is 1.87 bits per heavy atom. The molecule has 0 spiro atoms. The van der Waals surface area contributed by atoms with Crippen LogP contribution in [0.4, 0.5) is 4.79 Å². The maximum atomic E-state index is 13.1. The Bertz CT molecular complexity index is 1160. The normalized spacial score (nSPS) is 10.6. The second-order valence-electron chi connectivity index (χ2n) is 6.19. The zero-order valence-electron chi connectivity index (χ0n) is 16.4. The van der Waals surface area contributed by atoms with Gasteiger partial charge in [0.05, 0.1) is 37.4 Å². The summed E-state index contributed by atoms with van der Waals surface area (Å²) in [6.07, 6.45) is 0. The minimum Gasteiger partial charge on any atom is -0.493 e. The number of fused-ring (bicyclic) bond motifs is 1. The smallest absolute Gasteiger partial charge is 0.318 e. The van der Waals surface area contributed by atoms with E-state index in [1.54, 1.807) is 43.5 Å². The molecular weight excluding hydrogens is 408 g/mol. The number of nitrogens with one attached hydrogen (secondary N) is 1. The van der Waals surface area contributed by atoms with Crippen LogP contribution >= 0.6 is 11.8 Å². The first-order valence-electron chi connectivity index (χ1n) is 8.85. The molecule has 1 aromatic heterocycles. The number of urea groups is 1. The highest BCUT2D eigenvalue weighted by Gasteiger charge is 2.15. The fraction of sp³-hybridized carbons (Fsp3) is 0.200. The third kappa shape index (κ3) is 4.71. The van der Waals surface area contributed by atoms with Gasteiger partial charge in [0.1, 0.15) is 0 Å². The first-order chi connectivity index (χ1) is 14.4. The number of methoxy groups -OCH3 is 2. The average molecular weight is 428 g/mol. The molecule has 0 aliphatic rings. The SMILES string of the molecule is COc1ccc(Cn2c(SCC(=O)NC(N)=O)nc3ccccc3c2=O)cc1OC. The number of nitrogens with zero attached hydrogens (tertiary/aromatic N) is 2. The van der Waals surface area contributed by atoms with Crippen LogP contribution in [0.5, 0.6) is 11.5 Å². The minimum atomic E-state index is -0.935. The van der Waals surface area contributed by atoms with Crippen molar-refractivity contribution in [2.24, 2.45) is 5.73 Å². The van der Waals surface area contributed by atoms with Crippen LogP contribution in [0.3, 0.4) is 0 Å². The molecule has 3 N–H and O–H groups in total. The number of imide groups is 1. The summed E-state index contributed by atoms with van der Waals surface area (Å²) in [6.45, 7) is 0.205. The van der Waals surface area contributed by atoms with Crippen molar-refractivity contribution in [3.8, 4) is 11.5 Å². The Kier molecular flexibility index (Phi) is 6.58. The highest BCUT2D eigenvalue weighted by Crippen LogP contribution is 2.28. The quantitative estimate of drug-likeness (QED) is 0.434. The summed E-state index contributed by atoms with van der Waals surface area (Å²) in [7, 11) is 3.07. The van der Waals surface area contributed by atoms with E-state index in [1.807, 2.05) is 11.4 Å². The maximum absolute atomic E-state index is 13.1. The summed E-state index contributed by atoms with van der Waals surface area (Å²) < 4.78 is 12.1. The van der Waals surface area contributed by atoms with E-state index in [0.717, 1.165) is 17.3 Å². The molecule has 0 saturated heterocycles. The lowest BCUT2D eigenvalue weighted by Gasteiger charge is -2.14. The summed E-state index contributed by atoms with van der Waals surface area (Å²) in [4.78, 5) is 40.3. The highest BCUT2D eigenvalue weighted by molar-refractivity contribution is 7.99. The molecule has 156 valence electrons. The molecule has 0 bridgehead atoms. The van der Waals surface area contributed by atoms with Gasteiger partial charge in [-0.05, 0) is 29.8 Å². The van der Waals surface area contributed by atoms with Crippen LogP contribution in [0, 0.1) is 0 Å². The van der Waals surface area contributed by atoms with Crippen molar-refractivity contribution in [1.82, 2.24) is 14.9 Å². The number of benzene rings is 2. The monoisotopic (exact) mass is 428 g/mol. The Balaban J connectivity index is 2.01. The molecule has 0 fully saturated rings. The van der Waals surface area contributed by atoms with E-state index in [9.17, 15) is 14.4 Å². The second kappa shape index (κ2) is 9.31. The third-order valence-electron chi connectivity index (χ3n) is 4.21. The molecule has 10 heteroatoms. The van der Waals surface area contributed by atoms with Crippen LogP contribution in [0.1, 0.15) is 5.56 Å². The standard InChI is InChI=1S/C20H20N4O5S/c1-28-15-8-7-12(9-16(15)29-2)10-24-18(26)13-5-3-4-6-14(13)22-20(24)30-11-17(25)23-19(21)27/h3-9H,10-11H2,1-2H3,(H3,21,23,25,27). The first-order valence-corrected chi connectivity index (χ1v) is 9.84. The third-order valence-corrected chi connectivity index (χ3v) is 5.19. The van der Waals surface area contributed by atoms with Crippen LogP contribution in [0.25, 0.3) is 10.9 Å². The van der Waals surface area contributed by atoms with E-state index in [-0.39, 0.29) is 17.9 Å². The predicted molar refractivity (Wildman–Crippen MR) is 113 cm³/mol. The van der Waals surface area contributed by atoms with Crippen LogP contribution in [-0.2, 0) is 11.3 Å². The number of nitrogens with two attached hydrogens (primary N) is 1. The van der Waals surface area contributed by atoms with Crippen molar-refractivity contribution in [2.45, 2.75) is 11.7 Å². The number of thioether (sulfide) groups is 1. The lowest BCUT2D eigenvalue weighted by molar-refractivity contribution is -0.117. The van der Waals surface area contributed by atoms with Crippen molar-refractivity contribution in [3.05, 3.63) is 58.4 Å².